The van der Waals surface area contributed by atoms with Gasteiger partial charge in [-0.15, -0.1) is 10.2 Å². The van der Waals surface area contributed by atoms with Gasteiger partial charge in [0.1, 0.15) is 6.33 Å². The van der Waals surface area contributed by atoms with Gasteiger partial charge in [-0.1, -0.05) is 6.07 Å². The van der Waals surface area contributed by atoms with E-state index in [2.05, 4.69) is 40.6 Å². The Labute approximate surface area is 105 Å². The number of hydrogen-bond acceptors (Lipinski definition) is 3. The first kappa shape index (κ1) is 11.0. The summed E-state index contributed by atoms with van der Waals surface area (Å²) < 4.78 is 3.91. The largest absolute Gasteiger partial charge is 0.308 e. The minimum atomic E-state index is -0.0537. The molecule has 3 aromatic heterocycles. The zero-order valence-electron chi connectivity index (χ0n) is 10.7. The first-order chi connectivity index (χ1) is 8.57. The SMILES string of the molecule is CC(C)(C)n1cnnc1-c1cnn2ccccc12. The fraction of sp³-hybridized carbons (Fsp3) is 0.308. The van der Waals surface area contributed by atoms with Crippen LogP contribution in [0, 0.1) is 0 Å². The highest BCUT2D eigenvalue weighted by molar-refractivity contribution is 5.75. The van der Waals surface area contributed by atoms with Crippen molar-refractivity contribution in [2.45, 2.75) is 26.3 Å². The highest BCUT2D eigenvalue weighted by Gasteiger charge is 2.20. The Morgan fingerprint density at radius 3 is 2.78 bits per heavy atom. The van der Waals surface area contributed by atoms with Gasteiger partial charge >= 0.3 is 0 Å². The predicted octanol–water partition coefficient (Wildman–Crippen LogP) is 2.35. The maximum Gasteiger partial charge on any atom is 0.168 e. The molecule has 0 amide bonds. The molecule has 0 aliphatic heterocycles. The summed E-state index contributed by atoms with van der Waals surface area (Å²) in [5, 5.41) is 12.6. The third-order valence-electron chi connectivity index (χ3n) is 2.94. The van der Waals surface area contributed by atoms with Gasteiger partial charge in [0, 0.05) is 11.7 Å². The fourth-order valence-electron chi connectivity index (χ4n) is 2.02. The van der Waals surface area contributed by atoms with Crippen LogP contribution >= 0.6 is 0 Å². The lowest BCUT2D eigenvalue weighted by Gasteiger charge is -2.21. The summed E-state index contributed by atoms with van der Waals surface area (Å²) >= 11 is 0. The maximum absolute atomic E-state index is 4.33. The second kappa shape index (κ2) is 3.66. The molecule has 0 unspecified atom stereocenters. The number of pyridine rings is 1. The number of fused-ring (bicyclic) bond motifs is 1. The molecule has 0 fully saturated rings. The minimum absolute atomic E-state index is 0.0537. The molecule has 5 heteroatoms. The van der Waals surface area contributed by atoms with Crippen molar-refractivity contribution in [1.82, 2.24) is 24.4 Å². The van der Waals surface area contributed by atoms with E-state index in [-0.39, 0.29) is 5.54 Å². The summed E-state index contributed by atoms with van der Waals surface area (Å²) in [6.45, 7) is 6.39. The molecule has 18 heavy (non-hydrogen) atoms. The normalized spacial score (nSPS) is 12.2. The highest BCUT2D eigenvalue weighted by Crippen LogP contribution is 2.26. The topological polar surface area (TPSA) is 48.0 Å². The van der Waals surface area contributed by atoms with E-state index in [0.717, 1.165) is 16.9 Å². The molecule has 0 saturated carbocycles. The molecule has 0 radical (unpaired) electrons. The molecule has 3 heterocycles. The van der Waals surface area contributed by atoms with E-state index < -0.39 is 0 Å². The van der Waals surface area contributed by atoms with Gasteiger partial charge in [-0.3, -0.25) is 0 Å². The Kier molecular flexibility index (Phi) is 2.23. The summed E-state index contributed by atoms with van der Waals surface area (Å²) in [6, 6.07) is 5.99. The number of hydrogen-bond donors (Lipinski definition) is 0. The molecule has 0 aromatic carbocycles. The first-order valence-electron chi connectivity index (χ1n) is 5.90. The van der Waals surface area contributed by atoms with E-state index >= 15 is 0 Å². The zero-order chi connectivity index (χ0) is 12.8. The van der Waals surface area contributed by atoms with Gasteiger partial charge in [0.15, 0.2) is 5.82 Å². The van der Waals surface area contributed by atoms with Crippen LogP contribution in [0.5, 0.6) is 0 Å². The second-order valence-corrected chi connectivity index (χ2v) is 5.28. The van der Waals surface area contributed by atoms with Crippen LogP contribution in [0.3, 0.4) is 0 Å². The average molecular weight is 241 g/mol. The molecular weight excluding hydrogens is 226 g/mol. The van der Waals surface area contributed by atoms with Gasteiger partial charge in [-0.25, -0.2) is 4.52 Å². The molecule has 0 saturated heterocycles. The van der Waals surface area contributed by atoms with E-state index in [9.17, 15) is 0 Å². The smallest absolute Gasteiger partial charge is 0.168 e. The van der Waals surface area contributed by atoms with Crippen molar-refractivity contribution in [3.05, 3.63) is 36.9 Å². The number of aromatic nitrogens is 5. The van der Waals surface area contributed by atoms with Crippen LogP contribution in [-0.4, -0.2) is 24.4 Å². The van der Waals surface area contributed by atoms with Gasteiger partial charge < -0.3 is 4.57 Å². The van der Waals surface area contributed by atoms with E-state index in [1.807, 2.05) is 35.1 Å². The third kappa shape index (κ3) is 1.59. The fourth-order valence-corrected chi connectivity index (χ4v) is 2.02. The molecule has 92 valence electrons. The second-order valence-electron chi connectivity index (χ2n) is 5.28. The van der Waals surface area contributed by atoms with Crippen LogP contribution in [0.1, 0.15) is 20.8 Å². The Bertz CT molecular complexity index is 687. The Morgan fingerprint density at radius 2 is 2.00 bits per heavy atom. The summed E-state index contributed by atoms with van der Waals surface area (Å²) in [6.07, 6.45) is 5.53. The molecule has 0 N–H and O–H groups in total. The van der Waals surface area contributed by atoms with Crippen molar-refractivity contribution < 1.29 is 0 Å². The van der Waals surface area contributed by atoms with Crippen molar-refractivity contribution in [3.63, 3.8) is 0 Å². The van der Waals surface area contributed by atoms with Crippen molar-refractivity contribution >= 4 is 5.52 Å². The molecular formula is C13H15N5. The standard InChI is InChI=1S/C13H15N5/c1-13(2,3)17-9-14-16-12(17)10-8-15-18-7-5-4-6-11(10)18/h4-9H,1-3H3. The minimum Gasteiger partial charge on any atom is -0.308 e. The average Bonchev–Trinajstić information content (AvgIpc) is 2.93. The van der Waals surface area contributed by atoms with Crippen molar-refractivity contribution in [3.8, 4) is 11.4 Å². The summed E-state index contributed by atoms with van der Waals surface area (Å²) in [5.74, 6) is 0.851. The van der Waals surface area contributed by atoms with Crippen LogP contribution in [0.15, 0.2) is 36.9 Å². The maximum atomic E-state index is 4.33. The lowest BCUT2D eigenvalue weighted by molar-refractivity contribution is 0.400. The lowest BCUT2D eigenvalue weighted by Crippen LogP contribution is -2.21. The zero-order valence-corrected chi connectivity index (χ0v) is 10.7. The Balaban J connectivity index is 2.25. The van der Waals surface area contributed by atoms with Crippen molar-refractivity contribution in [2.24, 2.45) is 0 Å². The first-order valence-corrected chi connectivity index (χ1v) is 5.90. The molecule has 0 spiro atoms. The highest BCUT2D eigenvalue weighted by atomic mass is 15.3. The molecule has 5 nitrogen and oxygen atoms in total. The van der Waals surface area contributed by atoms with Crippen LogP contribution in [0.2, 0.25) is 0 Å². The van der Waals surface area contributed by atoms with Gasteiger partial charge in [-0.2, -0.15) is 5.10 Å². The monoisotopic (exact) mass is 241 g/mol. The number of nitrogens with zero attached hydrogens (tertiary/aromatic N) is 5. The quantitative estimate of drug-likeness (QED) is 0.657. The van der Waals surface area contributed by atoms with Crippen LogP contribution < -0.4 is 0 Å². The van der Waals surface area contributed by atoms with Crippen LogP contribution in [-0.2, 0) is 5.54 Å². The third-order valence-corrected chi connectivity index (χ3v) is 2.94. The van der Waals surface area contributed by atoms with Gasteiger partial charge in [0.25, 0.3) is 0 Å². The van der Waals surface area contributed by atoms with Crippen molar-refractivity contribution in [1.29, 1.82) is 0 Å². The molecule has 3 aromatic rings. The van der Waals surface area contributed by atoms with Gasteiger partial charge in [-0.05, 0) is 32.9 Å². The van der Waals surface area contributed by atoms with E-state index in [0.29, 0.717) is 0 Å². The molecule has 0 aliphatic rings. The predicted molar refractivity (Wildman–Crippen MR) is 69.2 cm³/mol. The van der Waals surface area contributed by atoms with Crippen LogP contribution in [0.25, 0.3) is 16.9 Å². The lowest BCUT2D eigenvalue weighted by atomic mass is 10.1. The van der Waals surface area contributed by atoms with E-state index in [4.69, 9.17) is 0 Å². The number of rotatable bonds is 1. The molecule has 0 atom stereocenters. The van der Waals surface area contributed by atoms with E-state index in [1.165, 1.54) is 0 Å². The molecule has 3 rings (SSSR count). The summed E-state index contributed by atoms with van der Waals surface area (Å²) in [7, 11) is 0. The molecule has 0 bridgehead atoms. The molecule has 0 aliphatic carbocycles. The van der Waals surface area contributed by atoms with Crippen LogP contribution in [0.4, 0.5) is 0 Å². The Morgan fingerprint density at radius 1 is 1.17 bits per heavy atom. The Hall–Kier alpha value is -2.17. The summed E-state index contributed by atoms with van der Waals surface area (Å²) in [4.78, 5) is 0. The van der Waals surface area contributed by atoms with E-state index in [1.54, 1.807) is 6.33 Å². The van der Waals surface area contributed by atoms with Crippen molar-refractivity contribution in [2.75, 3.05) is 0 Å². The van der Waals surface area contributed by atoms with Gasteiger partial charge in [0.2, 0.25) is 0 Å². The van der Waals surface area contributed by atoms with Gasteiger partial charge in [0.05, 0.1) is 17.3 Å². The summed E-state index contributed by atoms with van der Waals surface area (Å²) in [5.41, 5.74) is 1.99.